The van der Waals surface area contributed by atoms with Crippen molar-refractivity contribution in [2.75, 3.05) is 26.2 Å². The van der Waals surface area contributed by atoms with Gasteiger partial charge in [0, 0.05) is 18.2 Å². The quantitative estimate of drug-likeness (QED) is 0.927. The summed E-state index contributed by atoms with van der Waals surface area (Å²) >= 11 is 0. The smallest absolute Gasteiger partial charge is 0.251 e. The molecule has 5 heteroatoms. The predicted molar refractivity (Wildman–Crippen MR) is 87.1 cm³/mol. The second kappa shape index (κ2) is 6.04. The number of carbonyl (C=O) groups is 1. The number of rotatable bonds is 3. The van der Waals surface area contributed by atoms with Crippen molar-refractivity contribution in [2.45, 2.75) is 38.3 Å². The van der Waals surface area contributed by atoms with Crippen LogP contribution in [-0.4, -0.2) is 49.2 Å². The summed E-state index contributed by atoms with van der Waals surface area (Å²) in [5.41, 5.74) is 0.652. The molecule has 1 N–H and O–H groups in total. The van der Waals surface area contributed by atoms with Gasteiger partial charge in [0.2, 0.25) is 0 Å². The van der Waals surface area contributed by atoms with Crippen LogP contribution >= 0.6 is 0 Å². The fourth-order valence-electron chi connectivity index (χ4n) is 3.84. The van der Waals surface area contributed by atoms with Gasteiger partial charge in [0.05, 0.1) is 0 Å². The van der Waals surface area contributed by atoms with Crippen LogP contribution in [-0.2, 0) is 0 Å². The first-order valence-corrected chi connectivity index (χ1v) is 8.69. The molecule has 0 spiro atoms. The zero-order chi connectivity index (χ0) is 15.8. The van der Waals surface area contributed by atoms with E-state index in [1.807, 2.05) is 12.1 Å². The summed E-state index contributed by atoms with van der Waals surface area (Å²) in [6.45, 7) is 5.97. The van der Waals surface area contributed by atoms with Crippen LogP contribution in [0.1, 0.15) is 36.5 Å². The van der Waals surface area contributed by atoms with Gasteiger partial charge in [-0.3, -0.25) is 4.79 Å². The Morgan fingerprint density at radius 3 is 2.83 bits per heavy atom. The maximum absolute atomic E-state index is 12.6. The van der Waals surface area contributed by atoms with E-state index in [9.17, 15) is 4.79 Å². The minimum atomic E-state index is -0.00670. The summed E-state index contributed by atoms with van der Waals surface area (Å²) in [4.78, 5) is 15.0. The van der Waals surface area contributed by atoms with Crippen LogP contribution in [0.5, 0.6) is 11.5 Å². The molecule has 3 fully saturated rings. The molecule has 1 aromatic carbocycles. The molecule has 2 atom stereocenters. The largest absolute Gasteiger partial charge is 0.486 e. The Bertz CT molecular complexity index is 596. The Labute approximate surface area is 136 Å². The lowest BCUT2D eigenvalue weighted by Crippen LogP contribution is -2.57. The number of carbonyl (C=O) groups excluding carboxylic acids is 1. The molecule has 1 amide bonds. The van der Waals surface area contributed by atoms with E-state index < -0.39 is 0 Å². The third-order valence-electron chi connectivity index (χ3n) is 5.35. The molecule has 0 aromatic heterocycles. The first kappa shape index (κ1) is 14.8. The summed E-state index contributed by atoms with van der Waals surface area (Å²) in [6, 6.07) is 5.76. The monoisotopic (exact) mass is 316 g/mol. The molecule has 4 heterocycles. The van der Waals surface area contributed by atoms with E-state index in [1.165, 1.54) is 25.9 Å². The molecular formula is C18H24N2O3. The van der Waals surface area contributed by atoms with Gasteiger partial charge in [0.1, 0.15) is 12.7 Å². The lowest BCUT2D eigenvalue weighted by atomic mass is 9.84. The summed E-state index contributed by atoms with van der Waals surface area (Å²) in [5, 5.41) is 3.22. The number of benzene rings is 1. The number of nitrogens with zero attached hydrogens (tertiary/aromatic N) is 1. The standard InChI is InChI=1S/C18H24N2O3/c1-2-14-11-22-17-9-13(3-4-16(17)23-14)18(21)19-15-10-20-7-5-12(15)6-8-20/h3-4,9,12,14-15H,2,5-8,10-11H2,1H3,(H,19,21)/t14-,15+/m1/s1. The predicted octanol–water partition coefficient (Wildman–Crippen LogP) is 2.06. The third-order valence-corrected chi connectivity index (χ3v) is 5.35. The van der Waals surface area contributed by atoms with Crippen molar-refractivity contribution in [3.8, 4) is 11.5 Å². The molecule has 5 rings (SSSR count). The Morgan fingerprint density at radius 1 is 1.30 bits per heavy atom. The molecule has 4 aliphatic rings. The van der Waals surface area contributed by atoms with Crippen LogP contribution in [0.2, 0.25) is 0 Å². The summed E-state index contributed by atoms with van der Waals surface area (Å²) in [5.74, 6) is 2.04. The van der Waals surface area contributed by atoms with Gasteiger partial charge in [0.25, 0.3) is 5.91 Å². The zero-order valence-electron chi connectivity index (χ0n) is 13.6. The minimum Gasteiger partial charge on any atom is -0.486 e. The van der Waals surface area contributed by atoms with Crippen molar-refractivity contribution in [2.24, 2.45) is 5.92 Å². The molecule has 0 aliphatic carbocycles. The highest BCUT2D eigenvalue weighted by molar-refractivity contribution is 5.95. The number of amides is 1. The highest BCUT2D eigenvalue weighted by Crippen LogP contribution is 2.33. The van der Waals surface area contributed by atoms with Gasteiger partial charge in [-0.2, -0.15) is 0 Å². The molecule has 3 saturated heterocycles. The van der Waals surface area contributed by atoms with Gasteiger partial charge in [0.15, 0.2) is 11.5 Å². The topological polar surface area (TPSA) is 50.8 Å². The molecule has 124 valence electrons. The van der Waals surface area contributed by atoms with Crippen molar-refractivity contribution in [3.63, 3.8) is 0 Å². The molecule has 0 radical (unpaired) electrons. The lowest BCUT2D eigenvalue weighted by Gasteiger charge is -2.44. The van der Waals surface area contributed by atoms with Crippen LogP contribution in [0, 0.1) is 5.92 Å². The lowest BCUT2D eigenvalue weighted by molar-refractivity contribution is 0.0619. The molecular weight excluding hydrogens is 292 g/mol. The molecule has 0 unspecified atom stereocenters. The molecule has 4 aliphatic heterocycles. The molecule has 1 aromatic rings. The first-order valence-electron chi connectivity index (χ1n) is 8.69. The van der Waals surface area contributed by atoms with Gasteiger partial charge >= 0.3 is 0 Å². The highest BCUT2D eigenvalue weighted by atomic mass is 16.6. The van der Waals surface area contributed by atoms with E-state index in [1.54, 1.807) is 6.07 Å². The van der Waals surface area contributed by atoms with Crippen LogP contribution in [0.15, 0.2) is 18.2 Å². The average Bonchev–Trinajstić information content (AvgIpc) is 2.61. The summed E-state index contributed by atoms with van der Waals surface area (Å²) < 4.78 is 11.6. The Hall–Kier alpha value is -1.75. The van der Waals surface area contributed by atoms with Crippen molar-refractivity contribution in [1.82, 2.24) is 10.2 Å². The van der Waals surface area contributed by atoms with Crippen molar-refractivity contribution < 1.29 is 14.3 Å². The second-order valence-electron chi connectivity index (χ2n) is 6.84. The van der Waals surface area contributed by atoms with Gasteiger partial charge in [-0.1, -0.05) is 6.92 Å². The minimum absolute atomic E-state index is 0.00670. The Kier molecular flexibility index (Phi) is 3.89. The van der Waals surface area contributed by atoms with Gasteiger partial charge in [-0.25, -0.2) is 0 Å². The normalized spacial score (nSPS) is 31.7. The number of piperidine rings is 3. The van der Waals surface area contributed by atoms with E-state index >= 15 is 0 Å². The Balaban J connectivity index is 1.45. The van der Waals surface area contributed by atoms with E-state index in [-0.39, 0.29) is 18.1 Å². The molecule has 0 saturated carbocycles. The van der Waals surface area contributed by atoms with Crippen LogP contribution < -0.4 is 14.8 Å². The molecule has 23 heavy (non-hydrogen) atoms. The van der Waals surface area contributed by atoms with Crippen molar-refractivity contribution in [1.29, 1.82) is 0 Å². The number of hydrogen-bond acceptors (Lipinski definition) is 4. The Morgan fingerprint density at radius 2 is 2.13 bits per heavy atom. The fourth-order valence-corrected chi connectivity index (χ4v) is 3.84. The summed E-state index contributed by atoms with van der Waals surface area (Å²) in [6.07, 6.45) is 3.42. The third kappa shape index (κ3) is 2.90. The van der Waals surface area contributed by atoms with Crippen LogP contribution in [0.4, 0.5) is 0 Å². The van der Waals surface area contributed by atoms with E-state index in [4.69, 9.17) is 9.47 Å². The van der Waals surface area contributed by atoms with Crippen LogP contribution in [0.25, 0.3) is 0 Å². The van der Waals surface area contributed by atoms with Gasteiger partial charge in [-0.15, -0.1) is 0 Å². The van der Waals surface area contributed by atoms with Crippen molar-refractivity contribution in [3.05, 3.63) is 23.8 Å². The number of hydrogen-bond donors (Lipinski definition) is 1. The van der Waals surface area contributed by atoms with Gasteiger partial charge < -0.3 is 19.7 Å². The van der Waals surface area contributed by atoms with E-state index in [2.05, 4.69) is 17.1 Å². The fraction of sp³-hybridized carbons (Fsp3) is 0.611. The number of nitrogens with one attached hydrogen (secondary N) is 1. The maximum Gasteiger partial charge on any atom is 0.251 e. The van der Waals surface area contributed by atoms with Crippen molar-refractivity contribution >= 4 is 5.91 Å². The highest BCUT2D eigenvalue weighted by Gasteiger charge is 2.35. The van der Waals surface area contributed by atoms with Crippen LogP contribution in [0.3, 0.4) is 0 Å². The molecule has 2 bridgehead atoms. The maximum atomic E-state index is 12.6. The molecule has 5 nitrogen and oxygen atoms in total. The number of fused-ring (bicyclic) bond motifs is 4. The second-order valence-corrected chi connectivity index (χ2v) is 6.84. The first-order chi connectivity index (χ1) is 11.2. The van der Waals surface area contributed by atoms with E-state index in [0.29, 0.717) is 23.8 Å². The number of ether oxygens (including phenoxy) is 2. The zero-order valence-corrected chi connectivity index (χ0v) is 13.6. The van der Waals surface area contributed by atoms with E-state index in [0.717, 1.165) is 18.7 Å². The van der Waals surface area contributed by atoms with Gasteiger partial charge in [-0.05, 0) is 56.5 Å². The average molecular weight is 316 g/mol. The summed E-state index contributed by atoms with van der Waals surface area (Å²) in [7, 11) is 0. The SMILES string of the molecule is CC[C@@H]1COc2cc(C(=O)N[C@H]3CN4CCC3CC4)ccc2O1.